The van der Waals surface area contributed by atoms with Crippen LogP contribution < -0.4 is 19.7 Å². The Morgan fingerprint density at radius 2 is 1.79 bits per heavy atom. The summed E-state index contributed by atoms with van der Waals surface area (Å²) in [6.07, 6.45) is 1.60. The Bertz CT molecular complexity index is 1230. The van der Waals surface area contributed by atoms with E-state index in [4.69, 9.17) is 9.47 Å². The number of benzene rings is 2. The summed E-state index contributed by atoms with van der Waals surface area (Å²) in [6, 6.07) is 8.96. The maximum atomic E-state index is 13.5. The molecule has 0 saturated carbocycles. The Morgan fingerprint density at radius 1 is 1.06 bits per heavy atom. The van der Waals surface area contributed by atoms with Crippen LogP contribution in [0.2, 0.25) is 0 Å². The standard InChI is InChI=1S/C24H29N3O6S/c1-15-12-17-13-19(8-9-20(17)27(15)16(2)28)34(30,31)26-11-5-6-21(26)24(29)25-18-7-10-22(32-3)23(14-18)33-4/h7-10,13-15,21H,5-6,11-12H2,1-4H3,(H,25,29)/t15-,21+/m1/s1. The summed E-state index contributed by atoms with van der Waals surface area (Å²) < 4.78 is 38.8. The van der Waals surface area contributed by atoms with E-state index in [9.17, 15) is 18.0 Å². The topological polar surface area (TPSA) is 105 Å². The van der Waals surface area contributed by atoms with Crippen LogP contribution in [-0.2, 0) is 26.0 Å². The molecular weight excluding hydrogens is 458 g/mol. The summed E-state index contributed by atoms with van der Waals surface area (Å²) >= 11 is 0. The highest BCUT2D eigenvalue weighted by Crippen LogP contribution is 2.36. The summed E-state index contributed by atoms with van der Waals surface area (Å²) in [7, 11) is -0.877. The number of methoxy groups -OCH3 is 2. The molecular formula is C24H29N3O6S. The number of carbonyl (C=O) groups is 2. The van der Waals surface area contributed by atoms with E-state index in [1.165, 1.54) is 31.5 Å². The van der Waals surface area contributed by atoms with Crippen LogP contribution in [0.3, 0.4) is 0 Å². The second-order valence-electron chi connectivity index (χ2n) is 8.57. The van der Waals surface area contributed by atoms with Crippen molar-refractivity contribution in [2.45, 2.75) is 50.1 Å². The van der Waals surface area contributed by atoms with Crippen molar-refractivity contribution >= 4 is 33.2 Å². The van der Waals surface area contributed by atoms with Gasteiger partial charge in [-0.25, -0.2) is 8.42 Å². The van der Waals surface area contributed by atoms with Crippen LogP contribution in [0.4, 0.5) is 11.4 Å². The molecule has 2 heterocycles. The van der Waals surface area contributed by atoms with E-state index in [1.807, 2.05) is 6.92 Å². The first-order valence-corrected chi connectivity index (χ1v) is 12.6. The minimum absolute atomic E-state index is 0.0303. The normalized spacial score (nSPS) is 20.2. The maximum Gasteiger partial charge on any atom is 0.243 e. The molecule has 2 aliphatic rings. The number of hydrogen-bond acceptors (Lipinski definition) is 6. The van der Waals surface area contributed by atoms with Gasteiger partial charge in [0.2, 0.25) is 21.8 Å². The van der Waals surface area contributed by atoms with E-state index in [-0.39, 0.29) is 23.4 Å². The zero-order chi connectivity index (χ0) is 24.6. The molecule has 0 radical (unpaired) electrons. The Hall–Kier alpha value is -3.11. The minimum atomic E-state index is -3.90. The second kappa shape index (κ2) is 9.27. The highest BCUT2D eigenvalue weighted by atomic mass is 32.2. The largest absolute Gasteiger partial charge is 0.493 e. The van der Waals surface area contributed by atoms with Crippen LogP contribution in [0.15, 0.2) is 41.3 Å². The number of carbonyl (C=O) groups excluding carboxylic acids is 2. The highest BCUT2D eigenvalue weighted by Gasteiger charge is 2.40. The van der Waals surface area contributed by atoms with Crippen molar-refractivity contribution < 1.29 is 27.5 Å². The first kappa shape index (κ1) is 24.0. The van der Waals surface area contributed by atoms with Crippen LogP contribution in [0, 0.1) is 0 Å². The first-order chi connectivity index (χ1) is 16.2. The molecule has 2 aliphatic heterocycles. The van der Waals surface area contributed by atoms with Crippen molar-refractivity contribution in [2.75, 3.05) is 31.0 Å². The van der Waals surface area contributed by atoms with Gasteiger partial charge in [-0.3, -0.25) is 9.59 Å². The summed E-state index contributed by atoms with van der Waals surface area (Å²) in [5.74, 6) is 0.516. The molecule has 9 nitrogen and oxygen atoms in total. The monoisotopic (exact) mass is 487 g/mol. The van der Waals surface area contributed by atoms with E-state index >= 15 is 0 Å². The number of ether oxygens (including phenoxy) is 2. The Labute approximate surface area is 199 Å². The van der Waals surface area contributed by atoms with E-state index in [1.54, 1.807) is 35.2 Å². The minimum Gasteiger partial charge on any atom is -0.493 e. The molecule has 1 fully saturated rings. The summed E-state index contributed by atoms with van der Waals surface area (Å²) in [5, 5.41) is 2.80. The third-order valence-electron chi connectivity index (χ3n) is 6.37. The molecule has 0 unspecified atom stereocenters. The van der Waals surface area contributed by atoms with E-state index in [2.05, 4.69) is 5.32 Å². The third-order valence-corrected chi connectivity index (χ3v) is 8.27. The van der Waals surface area contributed by atoms with E-state index < -0.39 is 22.0 Å². The molecule has 10 heteroatoms. The Kier molecular flexibility index (Phi) is 6.55. The second-order valence-corrected chi connectivity index (χ2v) is 10.5. The fraction of sp³-hybridized carbons (Fsp3) is 0.417. The molecule has 1 N–H and O–H groups in total. The molecule has 2 amide bonds. The lowest BCUT2D eigenvalue weighted by Crippen LogP contribution is -2.43. The molecule has 0 aromatic heterocycles. The Morgan fingerprint density at radius 3 is 2.47 bits per heavy atom. The molecule has 2 aromatic rings. The fourth-order valence-electron chi connectivity index (χ4n) is 4.81. The van der Waals surface area contributed by atoms with Gasteiger partial charge in [-0.1, -0.05) is 0 Å². The van der Waals surface area contributed by atoms with Crippen molar-refractivity contribution in [3.8, 4) is 11.5 Å². The average molecular weight is 488 g/mol. The van der Waals surface area contributed by atoms with Crippen LogP contribution in [-0.4, -0.2) is 57.4 Å². The van der Waals surface area contributed by atoms with E-state index in [0.29, 0.717) is 36.4 Å². The molecule has 2 atom stereocenters. The van der Waals surface area contributed by atoms with Crippen molar-refractivity contribution in [1.29, 1.82) is 0 Å². The van der Waals surface area contributed by atoms with Crippen LogP contribution in [0.5, 0.6) is 11.5 Å². The van der Waals surface area contributed by atoms with Gasteiger partial charge in [0.15, 0.2) is 11.5 Å². The number of nitrogens with one attached hydrogen (secondary N) is 1. The number of rotatable bonds is 6. The third kappa shape index (κ3) is 4.23. The summed E-state index contributed by atoms with van der Waals surface area (Å²) in [6.45, 7) is 3.70. The zero-order valence-corrected chi connectivity index (χ0v) is 20.5. The van der Waals surface area contributed by atoms with Gasteiger partial charge < -0.3 is 19.7 Å². The number of fused-ring (bicyclic) bond motifs is 1. The molecule has 1 saturated heterocycles. The van der Waals surface area contributed by atoms with Gasteiger partial charge in [0, 0.05) is 37.0 Å². The lowest BCUT2D eigenvalue weighted by Gasteiger charge is -2.24. The van der Waals surface area contributed by atoms with Crippen molar-refractivity contribution in [2.24, 2.45) is 0 Å². The predicted octanol–water partition coefficient (Wildman–Crippen LogP) is 2.79. The zero-order valence-electron chi connectivity index (χ0n) is 19.7. The number of sulfonamides is 1. The molecule has 2 aromatic carbocycles. The molecule has 34 heavy (non-hydrogen) atoms. The maximum absolute atomic E-state index is 13.5. The summed E-state index contributed by atoms with van der Waals surface area (Å²) in [5.41, 5.74) is 2.04. The predicted molar refractivity (Wildman–Crippen MR) is 128 cm³/mol. The number of nitrogens with zero attached hydrogens (tertiary/aromatic N) is 2. The Balaban J connectivity index is 1.56. The quantitative estimate of drug-likeness (QED) is 0.672. The average Bonchev–Trinajstić information content (AvgIpc) is 3.43. The fourth-order valence-corrected chi connectivity index (χ4v) is 6.52. The van der Waals surface area contributed by atoms with Crippen molar-refractivity contribution in [3.05, 3.63) is 42.0 Å². The lowest BCUT2D eigenvalue weighted by atomic mass is 10.1. The van der Waals surface area contributed by atoms with Gasteiger partial charge in [0.25, 0.3) is 0 Å². The first-order valence-electron chi connectivity index (χ1n) is 11.1. The van der Waals surface area contributed by atoms with Crippen LogP contribution >= 0.6 is 0 Å². The van der Waals surface area contributed by atoms with Crippen molar-refractivity contribution in [3.63, 3.8) is 0 Å². The van der Waals surface area contributed by atoms with Crippen LogP contribution in [0.25, 0.3) is 0 Å². The van der Waals surface area contributed by atoms with Gasteiger partial charge >= 0.3 is 0 Å². The molecule has 0 aliphatic carbocycles. The number of hydrogen-bond donors (Lipinski definition) is 1. The van der Waals surface area contributed by atoms with Gasteiger partial charge in [-0.15, -0.1) is 0 Å². The SMILES string of the molecule is COc1ccc(NC(=O)[C@@H]2CCCN2S(=O)(=O)c2ccc3c(c2)C[C@@H](C)N3C(C)=O)cc1OC. The number of anilines is 2. The molecule has 182 valence electrons. The van der Waals surface area contributed by atoms with Crippen molar-refractivity contribution in [1.82, 2.24) is 4.31 Å². The van der Waals surface area contributed by atoms with Gasteiger partial charge in [-0.05, 0) is 62.1 Å². The van der Waals surface area contributed by atoms with Crippen LogP contribution in [0.1, 0.15) is 32.3 Å². The van der Waals surface area contributed by atoms with Gasteiger partial charge in [0.05, 0.1) is 19.1 Å². The molecule has 0 bridgehead atoms. The van der Waals surface area contributed by atoms with Gasteiger partial charge in [-0.2, -0.15) is 4.31 Å². The van der Waals surface area contributed by atoms with Gasteiger partial charge in [0.1, 0.15) is 6.04 Å². The molecule has 4 rings (SSSR count). The highest BCUT2D eigenvalue weighted by molar-refractivity contribution is 7.89. The molecule has 0 spiro atoms. The number of amides is 2. The summed E-state index contributed by atoms with van der Waals surface area (Å²) in [4.78, 5) is 26.9. The smallest absolute Gasteiger partial charge is 0.243 e. The van der Waals surface area contributed by atoms with E-state index in [0.717, 1.165) is 11.3 Å². The lowest BCUT2D eigenvalue weighted by molar-refractivity contribution is -0.119.